The van der Waals surface area contributed by atoms with Crippen molar-refractivity contribution in [1.82, 2.24) is 15.0 Å². The third-order valence-corrected chi connectivity index (χ3v) is 4.16. The van der Waals surface area contributed by atoms with E-state index in [0.717, 1.165) is 31.3 Å². The van der Waals surface area contributed by atoms with Gasteiger partial charge in [0.1, 0.15) is 0 Å². The maximum Gasteiger partial charge on any atom is 0.240 e. The van der Waals surface area contributed by atoms with Gasteiger partial charge in [-0.1, -0.05) is 5.16 Å². The van der Waals surface area contributed by atoms with Gasteiger partial charge in [0.05, 0.1) is 6.54 Å². The second-order valence-electron chi connectivity index (χ2n) is 5.79. The van der Waals surface area contributed by atoms with E-state index in [-0.39, 0.29) is 12.4 Å². The summed E-state index contributed by atoms with van der Waals surface area (Å²) in [5, 5.41) is 4.05. The first-order valence-corrected chi connectivity index (χ1v) is 7.03. The monoisotopic (exact) mass is 286 g/mol. The first kappa shape index (κ1) is 14.8. The molecule has 108 valence electrons. The lowest BCUT2D eigenvalue weighted by molar-refractivity contribution is 0.150. The molecule has 5 nitrogen and oxygen atoms in total. The van der Waals surface area contributed by atoms with E-state index in [1.807, 2.05) is 0 Å². The second-order valence-corrected chi connectivity index (χ2v) is 5.79. The van der Waals surface area contributed by atoms with Crippen molar-refractivity contribution in [1.29, 1.82) is 0 Å². The van der Waals surface area contributed by atoms with Crippen LogP contribution < -0.4 is 5.73 Å². The number of hydrogen-bond donors (Lipinski definition) is 1. The number of rotatable bonds is 4. The Morgan fingerprint density at radius 3 is 2.58 bits per heavy atom. The molecule has 2 N–H and O–H groups in total. The van der Waals surface area contributed by atoms with Gasteiger partial charge >= 0.3 is 0 Å². The van der Waals surface area contributed by atoms with Gasteiger partial charge in [-0.3, -0.25) is 4.90 Å². The molecule has 6 heteroatoms. The maximum absolute atomic E-state index is 5.95. The Morgan fingerprint density at radius 1 is 1.32 bits per heavy atom. The molecule has 1 atom stereocenters. The summed E-state index contributed by atoms with van der Waals surface area (Å²) in [7, 11) is 0. The van der Waals surface area contributed by atoms with Gasteiger partial charge in [-0.05, 0) is 51.6 Å². The highest BCUT2D eigenvalue weighted by Gasteiger charge is 2.29. The van der Waals surface area contributed by atoms with Crippen LogP contribution in [0.2, 0.25) is 0 Å². The number of aromatic nitrogens is 2. The fourth-order valence-electron chi connectivity index (χ4n) is 2.67. The smallest absolute Gasteiger partial charge is 0.240 e. The van der Waals surface area contributed by atoms with Crippen molar-refractivity contribution in [3.8, 4) is 0 Å². The normalized spacial score (nSPS) is 23.1. The topological polar surface area (TPSA) is 68.2 Å². The fourth-order valence-corrected chi connectivity index (χ4v) is 2.67. The van der Waals surface area contributed by atoms with E-state index in [1.54, 1.807) is 0 Å². The molecule has 0 spiro atoms. The Bertz CT molecular complexity index is 397. The van der Waals surface area contributed by atoms with Crippen LogP contribution in [-0.2, 0) is 6.54 Å². The van der Waals surface area contributed by atoms with E-state index in [0.29, 0.717) is 17.9 Å². The molecular weight excluding hydrogens is 264 g/mol. The summed E-state index contributed by atoms with van der Waals surface area (Å²) in [6, 6.07) is 0.317. The molecule has 1 aromatic rings. The number of hydrogen-bond acceptors (Lipinski definition) is 5. The van der Waals surface area contributed by atoms with Crippen LogP contribution in [0.3, 0.4) is 0 Å². The van der Waals surface area contributed by atoms with E-state index >= 15 is 0 Å². The summed E-state index contributed by atoms with van der Waals surface area (Å²) in [6.45, 7) is 5.09. The minimum absolute atomic E-state index is 0. The Hall–Kier alpha value is -0.650. The average Bonchev–Trinajstić information content (AvgIpc) is 3.11. The van der Waals surface area contributed by atoms with Crippen molar-refractivity contribution >= 4 is 12.4 Å². The lowest BCUT2D eigenvalue weighted by Gasteiger charge is -2.32. The van der Waals surface area contributed by atoms with Gasteiger partial charge < -0.3 is 10.3 Å². The van der Waals surface area contributed by atoms with E-state index < -0.39 is 0 Å². The summed E-state index contributed by atoms with van der Waals surface area (Å²) in [5.74, 6) is 2.93. The minimum atomic E-state index is 0. The predicted octanol–water partition coefficient (Wildman–Crippen LogP) is 1.93. The maximum atomic E-state index is 5.95. The number of nitrogens with two attached hydrogens (primary N) is 1. The number of piperidine rings is 1. The average molecular weight is 287 g/mol. The summed E-state index contributed by atoms with van der Waals surface area (Å²) < 4.78 is 5.32. The van der Waals surface area contributed by atoms with Crippen molar-refractivity contribution in [2.24, 2.45) is 11.7 Å². The van der Waals surface area contributed by atoms with Crippen molar-refractivity contribution in [3.05, 3.63) is 11.7 Å². The van der Waals surface area contributed by atoms with Gasteiger partial charge in [-0.2, -0.15) is 4.98 Å². The van der Waals surface area contributed by atoms with Crippen molar-refractivity contribution in [2.75, 3.05) is 13.1 Å². The van der Waals surface area contributed by atoms with Crippen LogP contribution in [-0.4, -0.2) is 34.2 Å². The molecule has 1 unspecified atom stereocenters. The van der Waals surface area contributed by atoms with E-state index in [2.05, 4.69) is 22.0 Å². The molecule has 2 fully saturated rings. The first-order chi connectivity index (χ1) is 8.72. The molecule has 1 saturated carbocycles. The number of likely N-dealkylation sites (tertiary alicyclic amines) is 1. The summed E-state index contributed by atoms with van der Waals surface area (Å²) in [4.78, 5) is 6.87. The molecule has 2 aliphatic rings. The Morgan fingerprint density at radius 2 is 2.00 bits per heavy atom. The molecule has 19 heavy (non-hydrogen) atoms. The lowest BCUT2D eigenvalue weighted by atomic mass is 9.91. The zero-order chi connectivity index (χ0) is 12.5. The molecule has 0 radical (unpaired) electrons. The standard InChI is InChI=1S/C13H22N4O.ClH/c1-9(14)10-4-6-17(7-5-10)8-12-15-13(16-18-12)11-2-3-11;/h9-11H,2-8,14H2,1H3;1H. The highest BCUT2D eigenvalue weighted by molar-refractivity contribution is 5.85. The molecule has 1 aliphatic carbocycles. The third kappa shape index (κ3) is 3.68. The summed E-state index contributed by atoms with van der Waals surface area (Å²) in [6.07, 6.45) is 4.81. The van der Waals surface area contributed by atoms with Crippen LogP contribution in [0.15, 0.2) is 4.52 Å². The predicted molar refractivity (Wildman–Crippen MR) is 75.2 cm³/mol. The SMILES string of the molecule is CC(N)C1CCN(Cc2nc(C3CC3)no2)CC1.Cl. The van der Waals surface area contributed by atoms with Gasteiger partial charge in [0.15, 0.2) is 5.82 Å². The summed E-state index contributed by atoms with van der Waals surface area (Å²) >= 11 is 0. The van der Waals surface area contributed by atoms with Crippen LogP contribution in [0.1, 0.15) is 50.2 Å². The summed E-state index contributed by atoms with van der Waals surface area (Å²) in [5.41, 5.74) is 5.95. The molecule has 0 aromatic carbocycles. The van der Waals surface area contributed by atoms with Crippen LogP contribution in [0.25, 0.3) is 0 Å². The van der Waals surface area contributed by atoms with Crippen LogP contribution >= 0.6 is 12.4 Å². The molecule has 3 rings (SSSR count). The largest absolute Gasteiger partial charge is 0.338 e. The Balaban J connectivity index is 0.00000133. The Kier molecular flexibility index (Phi) is 4.81. The third-order valence-electron chi connectivity index (χ3n) is 4.16. The fraction of sp³-hybridized carbons (Fsp3) is 0.846. The van der Waals surface area contributed by atoms with Crippen molar-refractivity contribution in [3.63, 3.8) is 0 Å². The van der Waals surface area contributed by atoms with Gasteiger partial charge in [0.25, 0.3) is 0 Å². The Labute approximate surface area is 120 Å². The van der Waals surface area contributed by atoms with Crippen LogP contribution in [0.5, 0.6) is 0 Å². The molecule has 2 heterocycles. The molecule has 0 amide bonds. The zero-order valence-electron chi connectivity index (χ0n) is 11.4. The van der Waals surface area contributed by atoms with Crippen molar-refractivity contribution in [2.45, 2.75) is 51.1 Å². The van der Waals surface area contributed by atoms with Crippen molar-refractivity contribution < 1.29 is 4.52 Å². The van der Waals surface area contributed by atoms with Crippen LogP contribution in [0.4, 0.5) is 0 Å². The van der Waals surface area contributed by atoms with Gasteiger partial charge in [0.2, 0.25) is 5.89 Å². The first-order valence-electron chi connectivity index (χ1n) is 7.03. The quantitative estimate of drug-likeness (QED) is 0.916. The van der Waals surface area contributed by atoms with Crippen LogP contribution in [0, 0.1) is 5.92 Å². The van der Waals surface area contributed by atoms with Gasteiger partial charge in [0, 0.05) is 12.0 Å². The molecule has 1 aliphatic heterocycles. The molecular formula is C13H23ClN4O. The van der Waals surface area contributed by atoms with Gasteiger partial charge in [-0.15, -0.1) is 12.4 Å². The van der Waals surface area contributed by atoms with E-state index in [1.165, 1.54) is 25.7 Å². The van der Waals surface area contributed by atoms with Gasteiger partial charge in [-0.25, -0.2) is 0 Å². The van der Waals surface area contributed by atoms with E-state index in [9.17, 15) is 0 Å². The second kappa shape index (κ2) is 6.20. The number of halogens is 1. The van der Waals surface area contributed by atoms with E-state index in [4.69, 9.17) is 10.3 Å². The number of nitrogens with zero attached hydrogens (tertiary/aromatic N) is 3. The lowest BCUT2D eigenvalue weighted by Crippen LogP contribution is -2.39. The molecule has 1 saturated heterocycles. The molecule has 1 aromatic heterocycles. The minimum Gasteiger partial charge on any atom is -0.338 e. The zero-order valence-corrected chi connectivity index (χ0v) is 12.2. The highest BCUT2D eigenvalue weighted by Crippen LogP contribution is 2.38. The molecule has 0 bridgehead atoms. The highest BCUT2D eigenvalue weighted by atomic mass is 35.5.